The molecule has 1 aliphatic heterocycles. The molecule has 4 N–H and O–H groups in total. The number of nitrogens with one attached hydrogen (secondary N) is 2. The van der Waals surface area contributed by atoms with Gasteiger partial charge in [0, 0.05) is 30.4 Å². The number of anilines is 1. The van der Waals surface area contributed by atoms with Gasteiger partial charge in [0.15, 0.2) is 0 Å². The number of hydrogen-bond donors (Lipinski definition) is 3. The fourth-order valence-electron chi connectivity index (χ4n) is 3.61. The van der Waals surface area contributed by atoms with Crippen LogP contribution in [0.3, 0.4) is 0 Å². The highest BCUT2D eigenvalue weighted by atomic mass is 16.5. The summed E-state index contributed by atoms with van der Waals surface area (Å²) in [5.74, 6) is 1.34. The summed E-state index contributed by atoms with van der Waals surface area (Å²) < 4.78 is 5.25. The van der Waals surface area contributed by atoms with E-state index >= 15 is 0 Å². The molecule has 2 atom stereocenters. The molecule has 0 radical (unpaired) electrons. The van der Waals surface area contributed by atoms with Crippen LogP contribution in [0.1, 0.15) is 21.8 Å². The number of aromatic nitrogens is 2. The van der Waals surface area contributed by atoms with Gasteiger partial charge in [-0.05, 0) is 29.8 Å². The van der Waals surface area contributed by atoms with E-state index < -0.39 is 5.91 Å². The van der Waals surface area contributed by atoms with Crippen LogP contribution in [0.4, 0.5) is 5.82 Å². The van der Waals surface area contributed by atoms with Crippen molar-refractivity contribution in [3.63, 3.8) is 0 Å². The maximum atomic E-state index is 11.7. The molecule has 138 valence electrons. The molecule has 0 aliphatic carbocycles. The number of para-hydroxylation sites is 1. The summed E-state index contributed by atoms with van der Waals surface area (Å²) >= 11 is 0. The van der Waals surface area contributed by atoms with Gasteiger partial charge in [0.2, 0.25) is 0 Å². The summed E-state index contributed by atoms with van der Waals surface area (Å²) in [5, 5.41) is 7.75. The predicted molar refractivity (Wildman–Crippen MR) is 104 cm³/mol. The van der Waals surface area contributed by atoms with E-state index in [9.17, 15) is 4.79 Å². The first-order chi connectivity index (χ1) is 13.2. The summed E-state index contributed by atoms with van der Waals surface area (Å²) in [6, 6.07) is 13.7. The molecule has 1 aliphatic rings. The van der Waals surface area contributed by atoms with E-state index in [2.05, 4.69) is 32.7 Å². The van der Waals surface area contributed by atoms with Crippen molar-refractivity contribution in [3.8, 4) is 5.75 Å². The number of carbonyl (C=O) groups is 1. The topological polar surface area (TPSA) is 102 Å². The minimum atomic E-state index is -0.496. The third-order valence-corrected chi connectivity index (χ3v) is 5.01. The maximum absolute atomic E-state index is 11.7. The Morgan fingerprint density at radius 1 is 1.19 bits per heavy atom. The molecule has 7 heteroatoms. The fourth-order valence-corrected chi connectivity index (χ4v) is 3.61. The SMILES string of the molecule is COc1ccc([C@H]2CNC[C@@H]2Nc2ncnc3c(C(N)=O)cccc23)cc1. The number of nitrogens with zero attached hydrogens (tertiary/aromatic N) is 2. The van der Waals surface area contributed by atoms with Gasteiger partial charge in [0.1, 0.15) is 17.9 Å². The lowest BCUT2D eigenvalue weighted by molar-refractivity contribution is 0.100. The third-order valence-electron chi connectivity index (χ3n) is 5.01. The van der Waals surface area contributed by atoms with Gasteiger partial charge in [0.25, 0.3) is 5.91 Å². The number of carbonyl (C=O) groups excluding carboxylic acids is 1. The highest BCUT2D eigenvalue weighted by Gasteiger charge is 2.29. The molecular weight excluding hydrogens is 342 g/mol. The van der Waals surface area contributed by atoms with E-state index in [1.54, 1.807) is 19.2 Å². The standard InChI is InChI=1S/C20H21N5O2/c1-27-13-7-5-12(6-8-13)16-9-22-10-17(16)25-20-15-4-2-3-14(19(21)26)18(15)23-11-24-20/h2-8,11,16-17,22H,9-10H2,1H3,(H2,21,26)(H,23,24,25)/t16-,17+/m1/s1. The Hall–Kier alpha value is -3.19. The smallest absolute Gasteiger partial charge is 0.250 e. The van der Waals surface area contributed by atoms with Crippen molar-refractivity contribution in [2.45, 2.75) is 12.0 Å². The molecule has 0 bridgehead atoms. The third kappa shape index (κ3) is 3.29. The predicted octanol–water partition coefficient (Wildman–Crippen LogP) is 1.90. The second-order valence-corrected chi connectivity index (χ2v) is 6.58. The number of nitrogens with two attached hydrogens (primary N) is 1. The number of primary amides is 1. The van der Waals surface area contributed by atoms with E-state index in [0.29, 0.717) is 22.8 Å². The lowest BCUT2D eigenvalue weighted by Crippen LogP contribution is -2.27. The number of rotatable bonds is 5. The average molecular weight is 363 g/mol. The molecule has 0 spiro atoms. The van der Waals surface area contributed by atoms with Crippen LogP contribution >= 0.6 is 0 Å². The zero-order valence-corrected chi connectivity index (χ0v) is 15.0. The molecule has 2 aromatic carbocycles. The first kappa shape index (κ1) is 17.2. The molecule has 4 rings (SSSR count). The number of fused-ring (bicyclic) bond motifs is 1. The molecule has 27 heavy (non-hydrogen) atoms. The van der Waals surface area contributed by atoms with Gasteiger partial charge in [0.05, 0.1) is 18.2 Å². The molecule has 1 saturated heterocycles. The highest BCUT2D eigenvalue weighted by Crippen LogP contribution is 2.29. The summed E-state index contributed by atoms with van der Waals surface area (Å²) in [7, 11) is 1.66. The van der Waals surface area contributed by atoms with Gasteiger partial charge in [-0.2, -0.15) is 0 Å². The van der Waals surface area contributed by atoms with Gasteiger partial charge in [-0.15, -0.1) is 0 Å². The van der Waals surface area contributed by atoms with Crippen LogP contribution in [0.15, 0.2) is 48.8 Å². The van der Waals surface area contributed by atoms with Gasteiger partial charge in [-0.1, -0.05) is 18.2 Å². The Balaban J connectivity index is 1.64. The Bertz CT molecular complexity index is 974. The van der Waals surface area contributed by atoms with E-state index in [1.807, 2.05) is 18.2 Å². The quantitative estimate of drug-likeness (QED) is 0.640. The lowest BCUT2D eigenvalue weighted by atomic mass is 9.94. The molecule has 0 unspecified atom stereocenters. The van der Waals surface area contributed by atoms with Crippen molar-refractivity contribution in [1.29, 1.82) is 0 Å². The van der Waals surface area contributed by atoms with E-state index in [4.69, 9.17) is 10.5 Å². The molecule has 1 aromatic heterocycles. The number of benzene rings is 2. The zero-order chi connectivity index (χ0) is 18.8. The summed E-state index contributed by atoms with van der Waals surface area (Å²) in [4.78, 5) is 20.3. The number of methoxy groups -OCH3 is 1. The van der Waals surface area contributed by atoms with E-state index in [1.165, 1.54) is 11.9 Å². The van der Waals surface area contributed by atoms with Gasteiger partial charge in [-0.3, -0.25) is 4.79 Å². The van der Waals surface area contributed by atoms with Gasteiger partial charge >= 0.3 is 0 Å². The second-order valence-electron chi connectivity index (χ2n) is 6.58. The number of ether oxygens (including phenoxy) is 1. The van der Waals surface area contributed by atoms with E-state index in [0.717, 1.165) is 24.2 Å². The van der Waals surface area contributed by atoms with Crippen LogP contribution < -0.4 is 21.1 Å². The molecule has 2 heterocycles. The Morgan fingerprint density at radius 3 is 2.74 bits per heavy atom. The summed E-state index contributed by atoms with van der Waals surface area (Å²) in [6.07, 6.45) is 1.46. The van der Waals surface area contributed by atoms with Crippen molar-refractivity contribution in [3.05, 3.63) is 59.9 Å². The first-order valence-electron chi connectivity index (χ1n) is 8.82. The summed E-state index contributed by atoms with van der Waals surface area (Å²) in [5.41, 5.74) is 7.67. The minimum Gasteiger partial charge on any atom is -0.497 e. The van der Waals surface area contributed by atoms with Crippen molar-refractivity contribution in [1.82, 2.24) is 15.3 Å². The second kappa shape index (κ2) is 7.20. The van der Waals surface area contributed by atoms with Crippen LogP contribution in [0.2, 0.25) is 0 Å². The zero-order valence-electron chi connectivity index (χ0n) is 15.0. The van der Waals surface area contributed by atoms with Crippen LogP contribution in [0.25, 0.3) is 10.9 Å². The minimum absolute atomic E-state index is 0.161. The van der Waals surface area contributed by atoms with Gasteiger partial charge < -0.3 is 21.1 Å². The Morgan fingerprint density at radius 2 is 2.00 bits per heavy atom. The van der Waals surface area contributed by atoms with Crippen molar-refractivity contribution >= 4 is 22.6 Å². The Labute approximate surface area is 157 Å². The lowest BCUT2D eigenvalue weighted by Gasteiger charge is -2.22. The number of hydrogen-bond acceptors (Lipinski definition) is 6. The fraction of sp³-hybridized carbons (Fsp3) is 0.250. The van der Waals surface area contributed by atoms with Crippen molar-refractivity contribution in [2.24, 2.45) is 5.73 Å². The molecule has 0 saturated carbocycles. The number of amides is 1. The average Bonchev–Trinajstić information content (AvgIpc) is 3.16. The van der Waals surface area contributed by atoms with Crippen LogP contribution in [0.5, 0.6) is 5.75 Å². The van der Waals surface area contributed by atoms with Crippen molar-refractivity contribution in [2.75, 3.05) is 25.5 Å². The van der Waals surface area contributed by atoms with Gasteiger partial charge in [-0.25, -0.2) is 9.97 Å². The van der Waals surface area contributed by atoms with Crippen LogP contribution in [-0.2, 0) is 0 Å². The largest absolute Gasteiger partial charge is 0.497 e. The molecule has 3 aromatic rings. The van der Waals surface area contributed by atoms with E-state index in [-0.39, 0.29) is 6.04 Å². The maximum Gasteiger partial charge on any atom is 0.250 e. The molecular formula is C20H21N5O2. The van der Waals surface area contributed by atoms with Crippen molar-refractivity contribution < 1.29 is 9.53 Å². The van der Waals surface area contributed by atoms with Crippen LogP contribution in [-0.4, -0.2) is 42.1 Å². The molecule has 1 fully saturated rings. The monoisotopic (exact) mass is 363 g/mol. The Kier molecular flexibility index (Phi) is 4.60. The molecule has 1 amide bonds. The normalized spacial score (nSPS) is 19.1. The highest BCUT2D eigenvalue weighted by molar-refractivity contribution is 6.06. The molecule has 7 nitrogen and oxygen atoms in total. The summed E-state index contributed by atoms with van der Waals surface area (Å²) in [6.45, 7) is 1.69. The first-order valence-corrected chi connectivity index (χ1v) is 8.82. The van der Waals surface area contributed by atoms with Crippen LogP contribution in [0, 0.1) is 0 Å².